The van der Waals surface area contributed by atoms with Gasteiger partial charge in [0.15, 0.2) is 0 Å². The van der Waals surface area contributed by atoms with Gasteiger partial charge in [0.05, 0.1) is 26.0 Å². The van der Waals surface area contributed by atoms with Crippen molar-refractivity contribution in [2.45, 2.75) is 19.9 Å². The van der Waals surface area contributed by atoms with Gasteiger partial charge < -0.3 is 14.8 Å². The van der Waals surface area contributed by atoms with Crippen LogP contribution in [-0.4, -0.2) is 34.3 Å². The molecule has 1 amide bonds. The molecule has 146 valence electrons. The fraction of sp³-hybridized carbons (Fsp3) is 0.316. The Morgan fingerprint density at radius 1 is 1.07 bits per heavy atom. The molecule has 0 bridgehead atoms. The number of methoxy groups -OCH3 is 2. The summed E-state index contributed by atoms with van der Waals surface area (Å²) < 4.78 is 36.2. The third kappa shape index (κ3) is 5.37. The molecule has 2 aromatic rings. The van der Waals surface area contributed by atoms with Gasteiger partial charge >= 0.3 is 0 Å². The number of ether oxygens (including phenoxy) is 2. The van der Waals surface area contributed by atoms with Crippen molar-refractivity contribution in [3.63, 3.8) is 0 Å². The quantitative estimate of drug-likeness (QED) is 0.720. The van der Waals surface area contributed by atoms with E-state index in [9.17, 15) is 13.2 Å². The van der Waals surface area contributed by atoms with Crippen LogP contribution in [0.3, 0.4) is 0 Å². The Kier molecular flexibility index (Phi) is 6.68. The van der Waals surface area contributed by atoms with Gasteiger partial charge in [-0.2, -0.15) is 0 Å². The van der Waals surface area contributed by atoms with E-state index in [0.29, 0.717) is 22.7 Å². The van der Waals surface area contributed by atoms with Gasteiger partial charge in [-0.15, -0.1) is 0 Å². The first-order chi connectivity index (χ1) is 12.8. The summed E-state index contributed by atoms with van der Waals surface area (Å²) in [5, 5.41) is 2.90. The average molecular weight is 392 g/mol. The van der Waals surface area contributed by atoms with Gasteiger partial charge in [-0.1, -0.05) is 0 Å². The van der Waals surface area contributed by atoms with Crippen LogP contribution in [0.1, 0.15) is 35.8 Å². The van der Waals surface area contributed by atoms with Crippen molar-refractivity contribution in [3.05, 3.63) is 53.6 Å². The third-order valence-corrected chi connectivity index (χ3v) is 5.36. The first kappa shape index (κ1) is 20.6. The van der Waals surface area contributed by atoms with E-state index >= 15 is 0 Å². The van der Waals surface area contributed by atoms with Crippen LogP contribution in [0, 0.1) is 0 Å². The van der Waals surface area contributed by atoms with Gasteiger partial charge in [-0.3, -0.25) is 9.52 Å². The summed E-state index contributed by atoms with van der Waals surface area (Å²) >= 11 is 0. The SMILES string of the molecule is CCS(=O)(=O)Nc1ccc(C(=O)N[C@H](C)c2cc(OC)ccc2OC)cc1. The van der Waals surface area contributed by atoms with E-state index in [1.165, 1.54) is 0 Å². The normalized spacial score (nSPS) is 12.1. The Morgan fingerprint density at radius 3 is 2.30 bits per heavy atom. The van der Waals surface area contributed by atoms with Gasteiger partial charge in [0, 0.05) is 16.8 Å². The number of sulfonamides is 1. The molecule has 0 aliphatic rings. The van der Waals surface area contributed by atoms with Crippen molar-refractivity contribution in [3.8, 4) is 11.5 Å². The topological polar surface area (TPSA) is 93.7 Å². The van der Waals surface area contributed by atoms with Crippen LogP contribution in [0.5, 0.6) is 11.5 Å². The first-order valence-electron chi connectivity index (χ1n) is 8.43. The van der Waals surface area contributed by atoms with Crippen molar-refractivity contribution >= 4 is 21.6 Å². The summed E-state index contributed by atoms with van der Waals surface area (Å²) in [5.74, 6) is 1.01. The van der Waals surface area contributed by atoms with E-state index in [2.05, 4.69) is 10.0 Å². The molecule has 0 saturated carbocycles. The zero-order chi connectivity index (χ0) is 20.0. The van der Waals surface area contributed by atoms with E-state index in [1.807, 2.05) is 13.0 Å². The van der Waals surface area contributed by atoms with Crippen LogP contribution < -0.4 is 19.5 Å². The molecule has 0 aliphatic heterocycles. The number of amides is 1. The van der Waals surface area contributed by atoms with E-state index in [-0.39, 0.29) is 17.7 Å². The van der Waals surface area contributed by atoms with Gasteiger partial charge in [-0.25, -0.2) is 8.42 Å². The lowest BCUT2D eigenvalue weighted by Gasteiger charge is -2.18. The fourth-order valence-corrected chi connectivity index (χ4v) is 3.12. The highest BCUT2D eigenvalue weighted by molar-refractivity contribution is 7.92. The Balaban J connectivity index is 2.13. The van der Waals surface area contributed by atoms with Gasteiger partial charge in [0.2, 0.25) is 10.0 Å². The van der Waals surface area contributed by atoms with Crippen LogP contribution in [-0.2, 0) is 10.0 Å². The molecule has 7 nitrogen and oxygen atoms in total. The molecule has 8 heteroatoms. The number of hydrogen-bond acceptors (Lipinski definition) is 5. The molecule has 2 rings (SSSR count). The van der Waals surface area contributed by atoms with E-state index in [0.717, 1.165) is 5.56 Å². The lowest BCUT2D eigenvalue weighted by atomic mass is 10.1. The molecule has 0 spiro atoms. The second kappa shape index (κ2) is 8.77. The maximum Gasteiger partial charge on any atom is 0.251 e. The molecular formula is C19H24N2O5S. The molecule has 0 radical (unpaired) electrons. The van der Waals surface area contributed by atoms with Crippen molar-refractivity contribution in [1.82, 2.24) is 5.32 Å². The molecular weight excluding hydrogens is 368 g/mol. The number of rotatable bonds is 8. The van der Waals surface area contributed by atoms with Crippen molar-refractivity contribution in [1.29, 1.82) is 0 Å². The molecule has 1 atom stereocenters. The molecule has 0 aromatic heterocycles. The van der Waals surface area contributed by atoms with Crippen molar-refractivity contribution in [2.24, 2.45) is 0 Å². The van der Waals surface area contributed by atoms with Gasteiger partial charge in [0.25, 0.3) is 5.91 Å². The number of benzene rings is 2. The average Bonchev–Trinajstić information content (AvgIpc) is 2.67. The molecule has 27 heavy (non-hydrogen) atoms. The first-order valence-corrected chi connectivity index (χ1v) is 10.1. The Bertz CT molecular complexity index is 895. The summed E-state index contributed by atoms with van der Waals surface area (Å²) in [6.45, 7) is 3.40. The summed E-state index contributed by atoms with van der Waals surface area (Å²) in [4.78, 5) is 12.5. The van der Waals surface area contributed by atoms with Gasteiger partial charge in [0.1, 0.15) is 11.5 Å². The van der Waals surface area contributed by atoms with Crippen LogP contribution in [0.4, 0.5) is 5.69 Å². The van der Waals surface area contributed by atoms with Crippen molar-refractivity contribution in [2.75, 3.05) is 24.7 Å². The predicted molar refractivity (Wildman–Crippen MR) is 105 cm³/mol. The second-order valence-corrected chi connectivity index (χ2v) is 7.90. The predicted octanol–water partition coefficient (Wildman–Crippen LogP) is 2.96. The molecule has 0 fully saturated rings. The van der Waals surface area contributed by atoms with Crippen LogP contribution in [0.25, 0.3) is 0 Å². The molecule has 0 aliphatic carbocycles. The van der Waals surface area contributed by atoms with E-state index in [4.69, 9.17) is 9.47 Å². The highest BCUT2D eigenvalue weighted by Crippen LogP contribution is 2.29. The molecule has 2 N–H and O–H groups in total. The maximum absolute atomic E-state index is 12.5. The summed E-state index contributed by atoms with van der Waals surface area (Å²) in [6.07, 6.45) is 0. The molecule has 0 heterocycles. The number of carbonyl (C=O) groups excluding carboxylic acids is 1. The zero-order valence-electron chi connectivity index (χ0n) is 15.8. The lowest BCUT2D eigenvalue weighted by Crippen LogP contribution is -2.27. The number of nitrogens with one attached hydrogen (secondary N) is 2. The minimum Gasteiger partial charge on any atom is -0.497 e. The van der Waals surface area contributed by atoms with Crippen molar-refractivity contribution < 1.29 is 22.7 Å². The Labute approximate surface area is 159 Å². The monoisotopic (exact) mass is 392 g/mol. The lowest BCUT2D eigenvalue weighted by molar-refractivity contribution is 0.0939. The largest absolute Gasteiger partial charge is 0.497 e. The zero-order valence-corrected chi connectivity index (χ0v) is 16.6. The minimum atomic E-state index is -3.35. The molecule has 0 saturated heterocycles. The highest BCUT2D eigenvalue weighted by atomic mass is 32.2. The smallest absolute Gasteiger partial charge is 0.251 e. The number of carbonyl (C=O) groups is 1. The third-order valence-electron chi connectivity index (χ3n) is 4.05. The highest BCUT2D eigenvalue weighted by Gasteiger charge is 2.16. The summed E-state index contributed by atoms with van der Waals surface area (Å²) in [5.41, 5.74) is 1.62. The number of anilines is 1. The molecule has 0 unspecified atom stereocenters. The van der Waals surface area contributed by atoms with E-state index < -0.39 is 10.0 Å². The summed E-state index contributed by atoms with van der Waals surface area (Å²) in [6, 6.07) is 11.3. The fourth-order valence-electron chi connectivity index (χ4n) is 2.48. The Hall–Kier alpha value is -2.74. The maximum atomic E-state index is 12.5. The number of hydrogen-bond donors (Lipinski definition) is 2. The van der Waals surface area contributed by atoms with Crippen LogP contribution in [0.2, 0.25) is 0 Å². The van der Waals surface area contributed by atoms with Crippen LogP contribution >= 0.6 is 0 Å². The minimum absolute atomic E-state index is 0.0187. The van der Waals surface area contributed by atoms with E-state index in [1.54, 1.807) is 57.5 Å². The van der Waals surface area contributed by atoms with Crippen LogP contribution in [0.15, 0.2) is 42.5 Å². The molecule has 2 aromatic carbocycles. The second-order valence-electron chi connectivity index (χ2n) is 5.89. The van der Waals surface area contributed by atoms with Gasteiger partial charge in [-0.05, 0) is 56.3 Å². The Morgan fingerprint density at radius 2 is 1.74 bits per heavy atom. The summed E-state index contributed by atoms with van der Waals surface area (Å²) in [7, 11) is -0.213. The standard InChI is InChI=1S/C19H24N2O5S/c1-5-27(23,24)21-15-8-6-14(7-9-15)19(22)20-13(2)17-12-16(25-3)10-11-18(17)26-4/h6-13,21H,5H2,1-4H3,(H,20,22)/t13-/m1/s1.